The number of benzene rings is 2. The highest BCUT2D eigenvalue weighted by atomic mass is 16.5. The van der Waals surface area contributed by atoms with Gasteiger partial charge >= 0.3 is 11.9 Å². The van der Waals surface area contributed by atoms with Gasteiger partial charge in [-0.3, -0.25) is 57.7 Å². The molecule has 3 heterocycles. The first-order chi connectivity index (χ1) is 49.0. The van der Waals surface area contributed by atoms with Crippen LogP contribution in [0, 0.1) is 70.5 Å². The van der Waals surface area contributed by atoms with Gasteiger partial charge in [-0.2, -0.15) is 0 Å². The van der Waals surface area contributed by atoms with Crippen molar-refractivity contribution >= 4 is 59.2 Å². The van der Waals surface area contributed by atoms with Gasteiger partial charge in [-0.25, -0.2) is 4.68 Å². The molecular weight excluding hydrogens is 1300 g/mol. The number of azide groups is 1. The SMILES string of the molecule is C#CCN(CCC(=O)NCCCO)C(=O)CCCCCN1C(=O)[C@@H]2[C@H](C1=O)[C@H]1C=C[C@@H]2C1.CCOC(=O)C(C)(C)CC(N=[N+]=[N-])c1ccccc1.CCOC(=O)C(C)(C)CC(c1ccccc1)n1cc(CN(CCC(=O)NCCCO)C(=O)CCCCCN2C(=O)[C@@H]3[C@H](C2=O)[C@H]2C=C[C@@H]3C2)nn1. The average Bonchev–Trinajstić information content (AvgIpc) is 1.58. The second-order valence-corrected chi connectivity index (χ2v) is 28.3. The summed E-state index contributed by atoms with van der Waals surface area (Å²) in [6.07, 6.45) is 23.8. The summed E-state index contributed by atoms with van der Waals surface area (Å²) in [6, 6.07) is 18.5. The molecule has 4 bridgehead atoms. The van der Waals surface area contributed by atoms with Crippen molar-refractivity contribution in [1.29, 1.82) is 0 Å². The first-order valence-electron chi connectivity index (χ1n) is 36.2. The third-order valence-corrected chi connectivity index (χ3v) is 20.0. The molecule has 26 heteroatoms. The highest BCUT2D eigenvalue weighted by molar-refractivity contribution is 6.07. The van der Waals surface area contributed by atoms with Crippen LogP contribution in [0.2, 0.25) is 0 Å². The number of aliphatic hydroxyl groups excluding tert-OH is 2. The first-order valence-corrected chi connectivity index (χ1v) is 36.2. The number of imide groups is 2. The lowest BCUT2D eigenvalue weighted by Gasteiger charge is -2.28. The number of nitrogens with one attached hydrogen (secondary N) is 2. The van der Waals surface area contributed by atoms with Crippen LogP contribution in [0.25, 0.3) is 10.4 Å². The van der Waals surface area contributed by atoms with Crippen molar-refractivity contribution in [3.8, 4) is 12.3 Å². The zero-order valence-corrected chi connectivity index (χ0v) is 60.1. The summed E-state index contributed by atoms with van der Waals surface area (Å²) in [5, 5.41) is 35.9. The van der Waals surface area contributed by atoms with Gasteiger partial charge in [0, 0.05) is 83.1 Å². The number of terminal acetylenes is 1. The van der Waals surface area contributed by atoms with E-state index in [1.165, 1.54) is 14.7 Å². The number of carbonyl (C=O) groups excluding carboxylic acids is 10. The molecule has 4 fully saturated rings. The number of aliphatic hydroxyl groups is 2. The van der Waals surface area contributed by atoms with Crippen LogP contribution in [0.5, 0.6) is 0 Å². The second kappa shape index (κ2) is 39.4. The smallest absolute Gasteiger partial charge is 0.311 e. The minimum Gasteiger partial charge on any atom is -0.466 e. The third kappa shape index (κ3) is 21.7. The van der Waals surface area contributed by atoms with Gasteiger partial charge in [-0.1, -0.05) is 114 Å². The van der Waals surface area contributed by atoms with E-state index in [4.69, 9.17) is 31.6 Å². The minimum atomic E-state index is -0.806. The largest absolute Gasteiger partial charge is 0.466 e. The normalized spacial score (nSPS) is 20.8. The number of ether oxygens (including phenoxy) is 2. The number of unbranched alkanes of at least 4 members (excludes halogenated alkanes) is 4. The topological polar surface area (TPSA) is 346 Å². The number of amides is 8. The molecular formula is C76H104N12O14. The molecule has 102 heavy (non-hydrogen) atoms. The van der Waals surface area contributed by atoms with Crippen LogP contribution in [0.3, 0.4) is 0 Å². The summed E-state index contributed by atoms with van der Waals surface area (Å²) in [5.74, 6) is 1.21. The van der Waals surface area contributed by atoms with E-state index in [9.17, 15) is 47.9 Å². The lowest BCUT2D eigenvalue weighted by atomic mass is 9.83. The number of allylic oxidation sites excluding steroid dienone is 4. The maximum absolute atomic E-state index is 13.6. The van der Waals surface area contributed by atoms with Crippen LogP contribution in [0.1, 0.15) is 173 Å². The van der Waals surface area contributed by atoms with Gasteiger partial charge in [0.15, 0.2) is 0 Å². The fraction of sp³-hybridized carbons (Fsp3) is 0.605. The van der Waals surface area contributed by atoms with Crippen molar-refractivity contribution in [2.75, 3.05) is 72.2 Å². The molecule has 0 spiro atoms. The molecule has 552 valence electrons. The van der Waals surface area contributed by atoms with Gasteiger partial charge in [-0.15, -0.1) is 11.5 Å². The Morgan fingerprint density at radius 2 is 1.06 bits per heavy atom. The number of esters is 2. The second-order valence-electron chi connectivity index (χ2n) is 28.3. The molecule has 1 aromatic heterocycles. The Bertz CT molecular complexity index is 3450. The third-order valence-electron chi connectivity index (χ3n) is 20.0. The van der Waals surface area contributed by atoms with E-state index in [1.807, 2.05) is 74.5 Å². The molecule has 26 nitrogen and oxygen atoms in total. The standard InChI is InChI=1S/C38H52N6O7.C24H33N3O5.C14H19N3O2/c1-4-51-37(50)38(2,3)23-30(26-12-7-5-8-13-26)44-25-29(40-41-44)24-42(20-17-31(46)39-18-11-21-45)32(47)14-9-6-10-19-43-35(48)33-27-15-16-28(22-27)34(33)36(43)49;1-2-12-26(14-10-19(29)25-11-6-15-28)20(30)7-4-3-5-13-27-23(31)21-17-8-9-18(16-17)22(21)24(27)32;1-4-19-13(18)14(2,3)10-12(16-17-15)11-8-6-5-7-9-11/h5,7-8,12-13,15-16,25,27-28,30,33-34,45H,4,6,9-11,14,17-24H2,1-3H3,(H,39,46);1,8-9,17-18,21-22,28H,3-7,10-16H2,(H,25,29);5-9,12H,4,10H2,1-3H3/t27-,28+,30?,33+,34-;17-,18+,21+,22-;. The molecule has 8 amide bonds. The summed E-state index contributed by atoms with van der Waals surface area (Å²) in [5.41, 5.74) is 9.57. The van der Waals surface area contributed by atoms with Crippen LogP contribution in [0.15, 0.2) is 96.3 Å². The molecule has 2 saturated carbocycles. The molecule has 0 radical (unpaired) electrons. The van der Waals surface area contributed by atoms with Gasteiger partial charge in [0.05, 0.1) is 79.1 Å². The average molecular weight is 1410 g/mol. The molecule has 3 aromatic rings. The van der Waals surface area contributed by atoms with Crippen molar-refractivity contribution in [2.24, 2.45) is 63.3 Å². The van der Waals surface area contributed by atoms with Crippen LogP contribution >= 0.6 is 0 Å². The minimum absolute atomic E-state index is 0.0153. The fourth-order valence-electron chi connectivity index (χ4n) is 14.6. The maximum atomic E-state index is 13.6. The molecule has 10 atom stereocenters. The Balaban J connectivity index is 0.000000242. The van der Waals surface area contributed by atoms with Crippen LogP contribution < -0.4 is 10.6 Å². The predicted molar refractivity (Wildman–Crippen MR) is 378 cm³/mol. The van der Waals surface area contributed by atoms with Gasteiger partial charge in [0.1, 0.15) is 5.69 Å². The van der Waals surface area contributed by atoms with Crippen molar-refractivity contribution in [2.45, 2.75) is 163 Å². The number of rotatable bonds is 39. The summed E-state index contributed by atoms with van der Waals surface area (Å²) in [6.45, 7) is 13.7. The Morgan fingerprint density at radius 1 is 0.627 bits per heavy atom. The monoisotopic (exact) mass is 1410 g/mol. The number of nitrogens with zero attached hydrogens (tertiary/aromatic N) is 10. The molecule has 6 aliphatic rings. The molecule has 9 rings (SSSR count). The van der Waals surface area contributed by atoms with Gasteiger partial charge in [0.25, 0.3) is 0 Å². The molecule has 4 aliphatic carbocycles. The number of hydrogen-bond donors (Lipinski definition) is 4. The molecule has 2 aliphatic heterocycles. The summed E-state index contributed by atoms with van der Waals surface area (Å²) >= 11 is 0. The Morgan fingerprint density at radius 3 is 1.49 bits per heavy atom. The quantitative estimate of drug-likeness (QED) is 0.00611. The number of carbonyl (C=O) groups is 10. The van der Waals surface area contributed by atoms with E-state index in [1.54, 1.807) is 43.5 Å². The van der Waals surface area contributed by atoms with E-state index in [-0.39, 0.29) is 184 Å². The van der Waals surface area contributed by atoms with Crippen molar-refractivity contribution in [3.63, 3.8) is 0 Å². The highest BCUT2D eigenvalue weighted by Gasteiger charge is 2.60. The first kappa shape index (κ1) is 80.3. The van der Waals surface area contributed by atoms with Gasteiger partial charge < -0.3 is 40.1 Å². The zero-order valence-electron chi connectivity index (χ0n) is 60.1. The van der Waals surface area contributed by atoms with Gasteiger partial charge in [0.2, 0.25) is 47.3 Å². The predicted octanol–water partition coefficient (Wildman–Crippen LogP) is 8.15. The van der Waals surface area contributed by atoms with E-state index >= 15 is 0 Å². The van der Waals surface area contributed by atoms with Crippen LogP contribution in [-0.4, -0.2) is 176 Å². The summed E-state index contributed by atoms with van der Waals surface area (Å²) in [4.78, 5) is 135. The Hall–Kier alpha value is -9.05. The highest BCUT2D eigenvalue weighted by Crippen LogP contribution is 2.54. The number of likely N-dealkylation sites (tertiary alicyclic amines) is 2. The van der Waals surface area contributed by atoms with Crippen LogP contribution in [0.4, 0.5) is 0 Å². The zero-order chi connectivity index (χ0) is 73.9. The van der Waals surface area contributed by atoms with E-state index < -0.39 is 10.8 Å². The van der Waals surface area contributed by atoms with E-state index in [0.717, 1.165) is 30.4 Å². The number of aromatic nitrogens is 3. The van der Waals surface area contributed by atoms with Crippen molar-refractivity contribution in [3.05, 3.63) is 118 Å². The lowest BCUT2D eigenvalue weighted by molar-refractivity contribution is -0.154. The fourth-order valence-corrected chi connectivity index (χ4v) is 14.6. The van der Waals surface area contributed by atoms with Gasteiger partial charge in [-0.05, 0) is 146 Å². The summed E-state index contributed by atoms with van der Waals surface area (Å²) in [7, 11) is 0. The molecule has 2 aromatic carbocycles. The summed E-state index contributed by atoms with van der Waals surface area (Å²) < 4.78 is 12.1. The number of hydrogen-bond acceptors (Lipinski definition) is 17. The maximum Gasteiger partial charge on any atom is 0.311 e. The Labute approximate surface area is 598 Å². The van der Waals surface area contributed by atoms with Crippen molar-refractivity contribution in [1.82, 2.24) is 45.2 Å². The number of fused-ring (bicyclic) bond motifs is 10. The van der Waals surface area contributed by atoms with E-state index in [0.29, 0.717) is 103 Å². The molecule has 2 saturated heterocycles. The Kier molecular flexibility index (Phi) is 31.0. The molecule has 4 N–H and O–H groups in total. The van der Waals surface area contributed by atoms with Crippen molar-refractivity contribution < 1.29 is 67.6 Å². The molecule has 2 unspecified atom stereocenters. The lowest BCUT2D eigenvalue weighted by Crippen LogP contribution is -2.36. The van der Waals surface area contributed by atoms with E-state index in [2.05, 4.69) is 61.2 Å². The van der Waals surface area contributed by atoms with Crippen LogP contribution in [-0.2, 0) is 64.0 Å².